The Labute approximate surface area is 153 Å². The topological polar surface area (TPSA) is 66.8 Å². The van der Waals surface area contributed by atoms with Crippen molar-refractivity contribution in [1.29, 1.82) is 0 Å². The Hall–Kier alpha value is -1.34. The van der Waals surface area contributed by atoms with Crippen LogP contribution < -0.4 is 4.90 Å². The molecule has 2 saturated heterocycles. The lowest BCUT2D eigenvalue weighted by Gasteiger charge is -2.25. The van der Waals surface area contributed by atoms with Crippen LogP contribution in [-0.2, 0) is 14.6 Å². The molecule has 5 nitrogen and oxygen atoms in total. The molecule has 0 aliphatic carbocycles. The largest absolute Gasteiger partial charge is 0.316 e. The third-order valence-corrected chi connectivity index (χ3v) is 7.80. The van der Waals surface area contributed by atoms with E-state index in [2.05, 4.69) is 31.0 Å². The maximum Gasteiger partial charge on any atom is 0.248 e. The predicted molar refractivity (Wildman–Crippen MR) is 104 cm³/mol. The highest BCUT2D eigenvalue weighted by Crippen LogP contribution is 2.41. The van der Waals surface area contributed by atoms with E-state index >= 15 is 0 Å². The zero-order valence-corrected chi connectivity index (χ0v) is 16.4. The molecule has 25 heavy (non-hydrogen) atoms. The summed E-state index contributed by atoms with van der Waals surface area (Å²) in [6.45, 7) is 6.22. The smallest absolute Gasteiger partial charge is 0.248 e. The van der Waals surface area contributed by atoms with Crippen LogP contribution in [0, 0.1) is 0 Å². The lowest BCUT2D eigenvalue weighted by atomic mass is 10.0. The summed E-state index contributed by atoms with van der Waals surface area (Å²) in [5.74, 6) is 0.569. The summed E-state index contributed by atoms with van der Waals surface area (Å²) < 4.78 is 24.1. The second-order valence-electron chi connectivity index (χ2n) is 6.95. The Balaban J connectivity index is 1.96. The van der Waals surface area contributed by atoms with E-state index in [-0.39, 0.29) is 28.7 Å². The molecule has 2 heterocycles. The van der Waals surface area contributed by atoms with Crippen LogP contribution in [0.2, 0.25) is 0 Å². The van der Waals surface area contributed by atoms with E-state index < -0.39 is 9.84 Å². The van der Waals surface area contributed by atoms with Gasteiger partial charge in [0.25, 0.3) is 0 Å². The number of amidine groups is 1. The molecule has 2 aliphatic rings. The van der Waals surface area contributed by atoms with Gasteiger partial charge in [-0.15, -0.1) is 0 Å². The Morgan fingerprint density at radius 1 is 1.28 bits per heavy atom. The van der Waals surface area contributed by atoms with Crippen LogP contribution >= 0.6 is 11.8 Å². The van der Waals surface area contributed by atoms with E-state index in [4.69, 9.17) is 0 Å². The number of aliphatic imine (C=N–C) groups is 1. The highest BCUT2D eigenvalue weighted by Gasteiger charge is 2.49. The van der Waals surface area contributed by atoms with Crippen LogP contribution in [-0.4, -0.2) is 42.3 Å². The first-order chi connectivity index (χ1) is 11.8. The van der Waals surface area contributed by atoms with Gasteiger partial charge >= 0.3 is 0 Å². The van der Waals surface area contributed by atoms with Crippen molar-refractivity contribution in [2.24, 2.45) is 4.99 Å². The number of nitrogens with zero attached hydrogens (tertiary/aromatic N) is 2. The molecule has 0 radical (unpaired) electrons. The molecule has 0 spiro atoms. The fourth-order valence-corrected chi connectivity index (χ4v) is 7.19. The van der Waals surface area contributed by atoms with Gasteiger partial charge in [0.1, 0.15) is 0 Å². The van der Waals surface area contributed by atoms with Crippen molar-refractivity contribution in [3.8, 4) is 0 Å². The molecule has 2 fully saturated rings. The number of hydrogen-bond donors (Lipinski definition) is 0. The number of fused-ring (bicyclic) bond motifs is 1. The molecule has 0 unspecified atom stereocenters. The van der Waals surface area contributed by atoms with Crippen LogP contribution in [0.25, 0.3) is 0 Å². The number of hydrogen-bond acceptors (Lipinski definition) is 4. The van der Waals surface area contributed by atoms with Gasteiger partial charge in [-0.05, 0) is 30.0 Å². The number of thioether (sulfide) groups is 1. The molecule has 1 aromatic rings. The molecule has 0 aromatic heterocycles. The Bertz CT molecular complexity index is 785. The Morgan fingerprint density at radius 3 is 2.56 bits per heavy atom. The molecule has 0 N–H and O–H groups in total. The molecule has 2 aliphatic heterocycles. The third-order valence-electron chi connectivity index (χ3n) is 4.59. The normalized spacial score (nSPS) is 26.4. The van der Waals surface area contributed by atoms with Crippen LogP contribution in [0.1, 0.15) is 45.1 Å². The van der Waals surface area contributed by atoms with Crippen molar-refractivity contribution in [3.05, 3.63) is 29.8 Å². The molecule has 0 saturated carbocycles. The Morgan fingerprint density at radius 2 is 1.96 bits per heavy atom. The first kappa shape index (κ1) is 18.5. The minimum absolute atomic E-state index is 0.0528. The van der Waals surface area contributed by atoms with Gasteiger partial charge in [0.2, 0.25) is 5.91 Å². The van der Waals surface area contributed by atoms with Gasteiger partial charge in [-0.25, -0.2) is 8.42 Å². The molecule has 2 atom stereocenters. The summed E-state index contributed by atoms with van der Waals surface area (Å²) in [5.41, 5.74) is 2.14. The summed E-state index contributed by atoms with van der Waals surface area (Å²) >= 11 is 1.43. The summed E-state index contributed by atoms with van der Waals surface area (Å²) in [5, 5.41) is 0.587. The van der Waals surface area contributed by atoms with Gasteiger partial charge in [0, 0.05) is 17.4 Å². The van der Waals surface area contributed by atoms with Gasteiger partial charge in [-0.2, -0.15) is 4.99 Å². The summed E-state index contributed by atoms with van der Waals surface area (Å²) in [6.07, 6.45) is 1.17. The fraction of sp³-hybridized carbons (Fsp3) is 0.556. The predicted octanol–water partition coefficient (Wildman–Crippen LogP) is 3.21. The molecule has 1 amide bonds. The SMILES string of the molecule is CCCC(=O)N=C1S[C@@H]2CS(=O)(=O)C[C@H]2N1c1ccc(C(C)C)cc1. The maximum atomic E-state index is 12.0. The Kier molecular flexibility index (Phi) is 5.25. The standard InChI is InChI=1S/C18H24N2O3S2/c1-4-5-17(21)19-18-20(14-8-6-13(7-9-14)12(2)3)15-10-25(22,23)11-16(15)24-18/h6-9,12,15-16H,4-5,10-11H2,1-3H3/t15-,16-/m1/s1. The number of benzene rings is 1. The molecule has 136 valence electrons. The second kappa shape index (κ2) is 7.11. The van der Waals surface area contributed by atoms with Crippen molar-refractivity contribution in [1.82, 2.24) is 0 Å². The van der Waals surface area contributed by atoms with Crippen molar-refractivity contribution in [3.63, 3.8) is 0 Å². The summed E-state index contributed by atoms with van der Waals surface area (Å²) in [4.78, 5) is 18.3. The van der Waals surface area contributed by atoms with Crippen LogP contribution in [0.5, 0.6) is 0 Å². The maximum absolute atomic E-state index is 12.0. The van der Waals surface area contributed by atoms with Gasteiger partial charge in [-0.1, -0.05) is 44.7 Å². The first-order valence-electron chi connectivity index (χ1n) is 8.68. The van der Waals surface area contributed by atoms with Gasteiger partial charge in [-0.3, -0.25) is 4.79 Å². The van der Waals surface area contributed by atoms with Crippen molar-refractivity contribution in [2.75, 3.05) is 16.4 Å². The minimum Gasteiger partial charge on any atom is -0.316 e. The van der Waals surface area contributed by atoms with Crippen molar-refractivity contribution < 1.29 is 13.2 Å². The van der Waals surface area contributed by atoms with E-state index in [9.17, 15) is 13.2 Å². The lowest BCUT2D eigenvalue weighted by molar-refractivity contribution is -0.117. The van der Waals surface area contributed by atoms with Crippen LogP contribution in [0.4, 0.5) is 5.69 Å². The number of sulfone groups is 1. The highest BCUT2D eigenvalue weighted by molar-refractivity contribution is 8.16. The van der Waals surface area contributed by atoms with Gasteiger partial charge < -0.3 is 4.90 Å². The second-order valence-corrected chi connectivity index (χ2v) is 10.3. The highest BCUT2D eigenvalue weighted by atomic mass is 32.2. The average Bonchev–Trinajstić information content (AvgIpc) is 2.98. The van der Waals surface area contributed by atoms with E-state index in [0.717, 1.165) is 12.1 Å². The number of carbonyl (C=O) groups excluding carboxylic acids is 1. The number of carbonyl (C=O) groups is 1. The van der Waals surface area contributed by atoms with Gasteiger partial charge in [0.05, 0.1) is 17.5 Å². The molecule has 0 bridgehead atoms. The number of rotatable bonds is 4. The molecular weight excluding hydrogens is 356 g/mol. The number of anilines is 1. The minimum atomic E-state index is -3.03. The molecule has 3 rings (SSSR count). The quantitative estimate of drug-likeness (QED) is 0.802. The molecule has 1 aromatic carbocycles. The monoisotopic (exact) mass is 380 g/mol. The summed E-state index contributed by atoms with van der Waals surface area (Å²) in [7, 11) is -3.03. The van der Waals surface area contributed by atoms with E-state index in [1.54, 1.807) is 0 Å². The summed E-state index contributed by atoms with van der Waals surface area (Å²) in [6, 6.07) is 7.99. The first-order valence-corrected chi connectivity index (χ1v) is 11.4. The molecular formula is C18H24N2O3S2. The van der Waals surface area contributed by atoms with Crippen molar-refractivity contribution in [2.45, 2.75) is 50.8 Å². The lowest BCUT2D eigenvalue weighted by Crippen LogP contribution is -2.37. The zero-order valence-electron chi connectivity index (χ0n) is 14.8. The average molecular weight is 381 g/mol. The van der Waals surface area contributed by atoms with E-state index in [0.29, 0.717) is 17.5 Å². The van der Waals surface area contributed by atoms with Gasteiger partial charge in [0.15, 0.2) is 15.0 Å². The van der Waals surface area contributed by atoms with Crippen LogP contribution in [0.3, 0.4) is 0 Å². The fourth-order valence-electron chi connectivity index (χ4n) is 3.26. The third kappa shape index (κ3) is 3.92. The van der Waals surface area contributed by atoms with E-state index in [1.807, 2.05) is 24.0 Å². The van der Waals surface area contributed by atoms with Crippen molar-refractivity contribution >= 4 is 38.4 Å². The zero-order chi connectivity index (χ0) is 18.2. The van der Waals surface area contributed by atoms with Crippen LogP contribution in [0.15, 0.2) is 29.3 Å². The number of amides is 1. The van der Waals surface area contributed by atoms with E-state index in [1.165, 1.54) is 17.3 Å². The molecule has 7 heteroatoms.